The quantitative estimate of drug-likeness (QED) is 0.734. The first kappa shape index (κ1) is 18.0. The normalized spacial score (nSPS) is 21.3. The fourth-order valence-electron chi connectivity index (χ4n) is 3.46. The van der Waals surface area contributed by atoms with Gasteiger partial charge >= 0.3 is 6.03 Å². The molecule has 2 aliphatic rings. The van der Waals surface area contributed by atoms with Crippen LogP contribution in [-0.4, -0.2) is 50.1 Å². The van der Waals surface area contributed by atoms with Crippen LogP contribution in [0.1, 0.15) is 31.2 Å². The van der Waals surface area contributed by atoms with Crippen molar-refractivity contribution in [2.75, 3.05) is 37.7 Å². The molecule has 1 aromatic rings. The number of ether oxygens (including phenoxy) is 1. The molecule has 25 heavy (non-hydrogen) atoms. The van der Waals surface area contributed by atoms with E-state index in [4.69, 9.17) is 4.74 Å². The third-order valence-electron chi connectivity index (χ3n) is 5.14. The molecule has 1 unspecified atom stereocenters. The van der Waals surface area contributed by atoms with Crippen molar-refractivity contribution in [2.24, 2.45) is 5.92 Å². The number of aliphatic hydroxyl groups is 1. The van der Waals surface area contributed by atoms with Gasteiger partial charge in [0.1, 0.15) is 0 Å². The van der Waals surface area contributed by atoms with Gasteiger partial charge in [-0.2, -0.15) is 0 Å². The zero-order chi connectivity index (χ0) is 17.5. The van der Waals surface area contributed by atoms with Crippen molar-refractivity contribution in [3.63, 3.8) is 0 Å². The molecule has 0 aliphatic carbocycles. The van der Waals surface area contributed by atoms with Crippen LogP contribution in [0.15, 0.2) is 24.3 Å². The minimum atomic E-state index is -0.148. The summed E-state index contributed by atoms with van der Waals surface area (Å²) in [4.78, 5) is 14.2. The molecule has 2 saturated heterocycles. The van der Waals surface area contributed by atoms with Gasteiger partial charge in [-0.15, -0.1) is 0 Å². The summed E-state index contributed by atoms with van der Waals surface area (Å²) < 4.78 is 5.49. The van der Waals surface area contributed by atoms with Gasteiger partial charge in [-0.1, -0.05) is 12.1 Å². The Labute approximate surface area is 149 Å². The first-order chi connectivity index (χ1) is 12.2. The van der Waals surface area contributed by atoms with Crippen LogP contribution < -0.4 is 15.5 Å². The highest BCUT2D eigenvalue weighted by Crippen LogP contribution is 2.23. The number of anilines is 1. The third-order valence-corrected chi connectivity index (χ3v) is 5.14. The van der Waals surface area contributed by atoms with E-state index in [1.165, 1.54) is 5.69 Å². The maximum absolute atomic E-state index is 11.8. The van der Waals surface area contributed by atoms with Gasteiger partial charge in [0, 0.05) is 45.1 Å². The van der Waals surface area contributed by atoms with Crippen LogP contribution in [0, 0.1) is 5.92 Å². The topological polar surface area (TPSA) is 73.8 Å². The number of carbonyl (C=O) groups is 1. The average Bonchev–Trinajstić information content (AvgIpc) is 3.19. The van der Waals surface area contributed by atoms with E-state index in [-0.39, 0.29) is 12.1 Å². The van der Waals surface area contributed by atoms with Gasteiger partial charge in [-0.05, 0) is 49.3 Å². The summed E-state index contributed by atoms with van der Waals surface area (Å²) in [5, 5.41) is 15.0. The molecule has 138 valence electrons. The number of benzene rings is 1. The van der Waals surface area contributed by atoms with E-state index in [0.29, 0.717) is 25.6 Å². The van der Waals surface area contributed by atoms with Gasteiger partial charge in [0.25, 0.3) is 0 Å². The van der Waals surface area contributed by atoms with Crippen LogP contribution in [0.2, 0.25) is 0 Å². The zero-order valence-corrected chi connectivity index (χ0v) is 14.7. The van der Waals surface area contributed by atoms with Crippen molar-refractivity contribution in [3.05, 3.63) is 29.8 Å². The van der Waals surface area contributed by atoms with Crippen molar-refractivity contribution in [1.82, 2.24) is 10.6 Å². The lowest BCUT2D eigenvalue weighted by Crippen LogP contribution is -2.39. The maximum Gasteiger partial charge on any atom is 0.315 e. The Morgan fingerprint density at radius 1 is 1.16 bits per heavy atom. The van der Waals surface area contributed by atoms with E-state index >= 15 is 0 Å². The van der Waals surface area contributed by atoms with Gasteiger partial charge < -0.3 is 25.4 Å². The summed E-state index contributed by atoms with van der Waals surface area (Å²) in [7, 11) is 0. The minimum absolute atomic E-state index is 0.148. The molecular weight excluding hydrogens is 318 g/mol. The number of carbonyl (C=O) groups excluding carboxylic acids is 1. The van der Waals surface area contributed by atoms with Gasteiger partial charge in [0.05, 0.1) is 6.10 Å². The molecule has 1 aromatic carbocycles. The number of hydrogen-bond donors (Lipinski definition) is 3. The summed E-state index contributed by atoms with van der Waals surface area (Å²) in [6.07, 6.45) is 4.37. The molecule has 1 atom stereocenters. The van der Waals surface area contributed by atoms with Crippen LogP contribution in [0.5, 0.6) is 0 Å². The molecule has 3 rings (SSSR count). The Hall–Kier alpha value is -1.79. The lowest BCUT2D eigenvalue weighted by Gasteiger charge is -2.33. The number of piperidine rings is 1. The Morgan fingerprint density at radius 3 is 2.56 bits per heavy atom. The molecule has 0 aromatic heterocycles. The van der Waals surface area contributed by atoms with Gasteiger partial charge in [0.2, 0.25) is 0 Å². The van der Waals surface area contributed by atoms with Crippen LogP contribution in [0.4, 0.5) is 10.5 Å². The van der Waals surface area contributed by atoms with Crippen LogP contribution in [0.3, 0.4) is 0 Å². The molecule has 3 N–H and O–H groups in total. The number of amides is 2. The molecule has 0 saturated carbocycles. The fourth-order valence-corrected chi connectivity index (χ4v) is 3.46. The molecular formula is C19H29N3O3. The first-order valence-electron chi connectivity index (χ1n) is 9.32. The molecule has 6 heteroatoms. The van der Waals surface area contributed by atoms with E-state index in [9.17, 15) is 9.90 Å². The Balaban J connectivity index is 1.39. The Morgan fingerprint density at radius 2 is 1.92 bits per heavy atom. The molecule has 0 radical (unpaired) electrons. The highest BCUT2D eigenvalue weighted by molar-refractivity contribution is 5.73. The summed E-state index contributed by atoms with van der Waals surface area (Å²) in [5.41, 5.74) is 2.30. The van der Waals surface area contributed by atoms with Gasteiger partial charge in [-0.25, -0.2) is 4.79 Å². The van der Waals surface area contributed by atoms with Gasteiger partial charge in [0.15, 0.2) is 0 Å². The second-order valence-corrected chi connectivity index (χ2v) is 6.98. The summed E-state index contributed by atoms with van der Waals surface area (Å²) >= 11 is 0. The van der Waals surface area contributed by atoms with Gasteiger partial charge in [-0.3, -0.25) is 0 Å². The predicted molar refractivity (Wildman–Crippen MR) is 97.7 cm³/mol. The molecule has 2 fully saturated rings. The van der Waals surface area contributed by atoms with E-state index in [1.807, 2.05) is 0 Å². The molecule has 0 spiro atoms. The highest BCUT2D eigenvalue weighted by Gasteiger charge is 2.18. The van der Waals surface area contributed by atoms with Crippen LogP contribution >= 0.6 is 0 Å². The maximum atomic E-state index is 11.8. The number of nitrogens with zero attached hydrogens (tertiary/aromatic N) is 1. The van der Waals surface area contributed by atoms with E-state index in [0.717, 1.165) is 50.9 Å². The van der Waals surface area contributed by atoms with Crippen molar-refractivity contribution < 1.29 is 14.6 Å². The molecule has 2 amide bonds. The third kappa shape index (κ3) is 5.34. The smallest absolute Gasteiger partial charge is 0.315 e. The Bertz CT molecular complexity index is 535. The van der Waals surface area contributed by atoms with Crippen LogP contribution in [0.25, 0.3) is 0 Å². The first-order valence-corrected chi connectivity index (χ1v) is 9.32. The van der Waals surface area contributed by atoms with Crippen molar-refractivity contribution in [3.8, 4) is 0 Å². The number of nitrogens with one attached hydrogen (secondary N) is 2. The number of hydrogen-bond acceptors (Lipinski definition) is 4. The monoisotopic (exact) mass is 347 g/mol. The second kappa shape index (κ2) is 9.06. The molecule has 6 nitrogen and oxygen atoms in total. The standard InChI is InChI=1S/C19H29N3O3/c23-14-16-7-9-22(10-8-16)17-5-3-15(4-6-17)12-20-19(24)21-13-18-2-1-11-25-18/h3-6,16,18,23H,1-2,7-14H2,(H2,20,21,24). The second-order valence-electron chi connectivity index (χ2n) is 6.98. The summed E-state index contributed by atoms with van der Waals surface area (Å²) in [5.74, 6) is 0.452. The minimum Gasteiger partial charge on any atom is -0.396 e. The van der Waals surface area contributed by atoms with E-state index in [2.05, 4.69) is 39.8 Å². The highest BCUT2D eigenvalue weighted by atomic mass is 16.5. The molecule has 2 heterocycles. The summed E-state index contributed by atoms with van der Waals surface area (Å²) in [6, 6.07) is 8.20. The SMILES string of the molecule is O=C(NCc1ccc(N2CCC(CO)CC2)cc1)NCC1CCCO1. The van der Waals surface area contributed by atoms with E-state index in [1.54, 1.807) is 0 Å². The fraction of sp³-hybridized carbons (Fsp3) is 0.632. The lowest BCUT2D eigenvalue weighted by molar-refractivity contribution is 0.111. The lowest BCUT2D eigenvalue weighted by atomic mass is 9.97. The number of aliphatic hydroxyl groups excluding tert-OH is 1. The van der Waals surface area contributed by atoms with Crippen molar-refractivity contribution in [1.29, 1.82) is 0 Å². The van der Waals surface area contributed by atoms with E-state index < -0.39 is 0 Å². The number of rotatable bonds is 6. The molecule has 2 aliphatic heterocycles. The zero-order valence-electron chi connectivity index (χ0n) is 14.7. The summed E-state index contributed by atoms with van der Waals surface area (Å²) in [6.45, 7) is 4.19. The largest absolute Gasteiger partial charge is 0.396 e. The number of urea groups is 1. The predicted octanol–water partition coefficient (Wildman–Crippen LogP) is 1.87. The van der Waals surface area contributed by atoms with Crippen molar-refractivity contribution >= 4 is 11.7 Å². The molecule has 0 bridgehead atoms. The van der Waals surface area contributed by atoms with Crippen LogP contribution in [-0.2, 0) is 11.3 Å². The Kier molecular flexibility index (Phi) is 6.53. The van der Waals surface area contributed by atoms with Crippen molar-refractivity contribution in [2.45, 2.75) is 38.3 Å². The average molecular weight is 347 g/mol.